The molecule has 0 spiro atoms. The highest BCUT2D eigenvalue weighted by atomic mass is 16.5. The zero-order valence-electron chi connectivity index (χ0n) is 11.1. The molecule has 104 valence electrons. The number of hydrogen-bond acceptors (Lipinski definition) is 4. The van der Waals surface area contributed by atoms with Crippen molar-refractivity contribution in [1.29, 1.82) is 0 Å². The van der Waals surface area contributed by atoms with E-state index in [2.05, 4.69) is 19.2 Å². The number of esters is 1. The van der Waals surface area contributed by atoms with Gasteiger partial charge in [-0.05, 0) is 12.3 Å². The van der Waals surface area contributed by atoms with Gasteiger partial charge in [0.2, 0.25) is 5.91 Å². The van der Waals surface area contributed by atoms with Crippen molar-refractivity contribution >= 4 is 11.9 Å². The predicted octanol–water partition coefficient (Wildman–Crippen LogP) is 0.995. The Labute approximate surface area is 108 Å². The predicted molar refractivity (Wildman–Crippen MR) is 66.8 cm³/mol. The van der Waals surface area contributed by atoms with Crippen molar-refractivity contribution in [2.24, 2.45) is 5.92 Å². The Hall–Kier alpha value is -1.10. The molecule has 1 heterocycles. The number of carbonyl (C=O) groups excluding carboxylic acids is 2. The van der Waals surface area contributed by atoms with Gasteiger partial charge in [0.05, 0.1) is 19.1 Å². The molecule has 5 heteroatoms. The standard InChI is InChI=1S/C13H23NO4/c1-9(2)4-3-5-10(15)8-12(16)14-11-6-7-18-13(11)17/h9-11,15H,3-8H2,1-2H3,(H,14,16)/t10-,11+/m1/s1. The zero-order chi connectivity index (χ0) is 13.5. The van der Waals surface area contributed by atoms with Crippen molar-refractivity contribution in [1.82, 2.24) is 5.32 Å². The summed E-state index contributed by atoms with van der Waals surface area (Å²) < 4.78 is 4.75. The fourth-order valence-corrected chi connectivity index (χ4v) is 1.96. The topological polar surface area (TPSA) is 75.6 Å². The molecular weight excluding hydrogens is 234 g/mol. The molecule has 0 bridgehead atoms. The molecule has 0 saturated carbocycles. The van der Waals surface area contributed by atoms with Gasteiger partial charge in [-0.15, -0.1) is 0 Å². The van der Waals surface area contributed by atoms with E-state index < -0.39 is 12.1 Å². The first-order chi connectivity index (χ1) is 8.49. The second-order valence-corrected chi connectivity index (χ2v) is 5.26. The molecule has 1 fully saturated rings. The van der Waals surface area contributed by atoms with E-state index in [4.69, 9.17) is 4.74 Å². The summed E-state index contributed by atoms with van der Waals surface area (Å²) in [5.74, 6) is -0.0483. The van der Waals surface area contributed by atoms with Crippen LogP contribution in [0, 0.1) is 5.92 Å². The number of aliphatic hydroxyl groups excluding tert-OH is 1. The minimum Gasteiger partial charge on any atom is -0.464 e. The summed E-state index contributed by atoms with van der Waals surface area (Å²) in [5.41, 5.74) is 0. The molecule has 2 atom stereocenters. The minimum absolute atomic E-state index is 0.0574. The Kier molecular flexibility index (Phi) is 6.12. The molecule has 1 aliphatic heterocycles. The molecule has 0 unspecified atom stereocenters. The zero-order valence-corrected chi connectivity index (χ0v) is 11.1. The Morgan fingerprint density at radius 3 is 2.78 bits per heavy atom. The summed E-state index contributed by atoms with van der Waals surface area (Å²) in [5, 5.41) is 12.3. The Morgan fingerprint density at radius 1 is 1.50 bits per heavy atom. The maximum Gasteiger partial charge on any atom is 0.328 e. The third-order valence-electron chi connectivity index (χ3n) is 3.01. The van der Waals surface area contributed by atoms with Crippen LogP contribution < -0.4 is 5.32 Å². The number of rotatable bonds is 7. The molecule has 1 amide bonds. The van der Waals surface area contributed by atoms with Gasteiger partial charge in [0.1, 0.15) is 6.04 Å². The van der Waals surface area contributed by atoms with Crippen molar-refractivity contribution in [2.75, 3.05) is 6.61 Å². The van der Waals surface area contributed by atoms with Crippen molar-refractivity contribution in [3.05, 3.63) is 0 Å². The molecule has 0 aromatic heterocycles. The van der Waals surface area contributed by atoms with Crippen LogP contribution in [0.4, 0.5) is 0 Å². The molecule has 0 aliphatic carbocycles. The Morgan fingerprint density at radius 2 is 2.22 bits per heavy atom. The van der Waals surface area contributed by atoms with Crippen LogP contribution in [0.2, 0.25) is 0 Å². The Bertz CT molecular complexity index is 291. The van der Waals surface area contributed by atoms with E-state index in [0.29, 0.717) is 25.4 Å². The normalized spacial score (nSPS) is 20.9. The van der Waals surface area contributed by atoms with E-state index in [9.17, 15) is 14.7 Å². The van der Waals surface area contributed by atoms with Gasteiger partial charge in [-0.25, -0.2) is 4.79 Å². The van der Waals surface area contributed by atoms with Crippen molar-refractivity contribution in [3.8, 4) is 0 Å². The van der Waals surface area contributed by atoms with E-state index in [1.807, 2.05) is 0 Å². The summed E-state index contributed by atoms with van der Waals surface area (Å²) in [4.78, 5) is 22.7. The first-order valence-corrected chi connectivity index (χ1v) is 6.63. The quantitative estimate of drug-likeness (QED) is 0.667. The maximum absolute atomic E-state index is 11.6. The lowest BCUT2D eigenvalue weighted by molar-refractivity contribution is -0.141. The molecule has 1 saturated heterocycles. The number of aliphatic hydroxyl groups is 1. The SMILES string of the molecule is CC(C)CCC[C@@H](O)CC(=O)N[C@H]1CCOC1=O. The van der Waals surface area contributed by atoms with Gasteiger partial charge in [0.25, 0.3) is 0 Å². The van der Waals surface area contributed by atoms with Crippen molar-refractivity contribution in [3.63, 3.8) is 0 Å². The molecule has 18 heavy (non-hydrogen) atoms. The van der Waals surface area contributed by atoms with Crippen LogP contribution in [0.3, 0.4) is 0 Å². The van der Waals surface area contributed by atoms with Gasteiger partial charge in [0.15, 0.2) is 0 Å². The number of amides is 1. The average Bonchev–Trinajstić information content (AvgIpc) is 2.63. The van der Waals surface area contributed by atoms with Crippen LogP contribution in [0.15, 0.2) is 0 Å². The Balaban J connectivity index is 2.16. The number of carbonyl (C=O) groups is 2. The molecule has 0 aromatic rings. The second kappa shape index (κ2) is 7.36. The largest absolute Gasteiger partial charge is 0.464 e. The number of hydrogen-bond donors (Lipinski definition) is 2. The van der Waals surface area contributed by atoms with Crippen LogP contribution in [-0.4, -0.2) is 35.7 Å². The number of ether oxygens (including phenoxy) is 1. The monoisotopic (exact) mass is 257 g/mol. The molecule has 0 aromatic carbocycles. The summed E-state index contributed by atoms with van der Waals surface area (Å²) in [6.07, 6.45) is 2.54. The van der Waals surface area contributed by atoms with Crippen LogP contribution >= 0.6 is 0 Å². The molecule has 1 rings (SSSR count). The third kappa shape index (κ3) is 5.49. The maximum atomic E-state index is 11.6. The lowest BCUT2D eigenvalue weighted by Gasteiger charge is -2.13. The van der Waals surface area contributed by atoms with Crippen molar-refractivity contribution < 1.29 is 19.4 Å². The van der Waals surface area contributed by atoms with Crippen LogP contribution in [-0.2, 0) is 14.3 Å². The van der Waals surface area contributed by atoms with E-state index in [1.165, 1.54) is 0 Å². The van der Waals surface area contributed by atoms with Crippen molar-refractivity contribution in [2.45, 2.75) is 58.1 Å². The smallest absolute Gasteiger partial charge is 0.328 e. The average molecular weight is 257 g/mol. The summed E-state index contributed by atoms with van der Waals surface area (Å²) in [6.45, 7) is 4.62. The highest BCUT2D eigenvalue weighted by Gasteiger charge is 2.28. The lowest BCUT2D eigenvalue weighted by Crippen LogP contribution is -2.39. The van der Waals surface area contributed by atoms with Gasteiger partial charge >= 0.3 is 5.97 Å². The minimum atomic E-state index is -0.624. The second-order valence-electron chi connectivity index (χ2n) is 5.26. The first-order valence-electron chi connectivity index (χ1n) is 6.63. The number of nitrogens with one attached hydrogen (secondary N) is 1. The van der Waals surface area contributed by atoms with Crippen LogP contribution in [0.1, 0.15) is 46.0 Å². The molecular formula is C13H23NO4. The fraction of sp³-hybridized carbons (Fsp3) is 0.846. The van der Waals surface area contributed by atoms with Gasteiger partial charge in [-0.3, -0.25) is 4.79 Å². The van der Waals surface area contributed by atoms with E-state index in [-0.39, 0.29) is 18.3 Å². The number of cyclic esters (lactones) is 1. The highest BCUT2D eigenvalue weighted by Crippen LogP contribution is 2.11. The first kappa shape index (κ1) is 15.0. The highest BCUT2D eigenvalue weighted by molar-refractivity contribution is 5.85. The van der Waals surface area contributed by atoms with Gasteiger partial charge in [-0.1, -0.05) is 26.7 Å². The summed E-state index contributed by atoms with van der Waals surface area (Å²) in [6, 6.07) is -0.527. The molecule has 0 radical (unpaired) electrons. The van der Waals surface area contributed by atoms with E-state index in [0.717, 1.165) is 12.8 Å². The van der Waals surface area contributed by atoms with E-state index >= 15 is 0 Å². The fourth-order valence-electron chi connectivity index (χ4n) is 1.96. The molecule has 2 N–H and O–H groups in total. The van der Waals surface area contributed by atoms with Gasteiger partial charge in [0, 0.05) is 6.42 Å². The molecule has 1 aliphatic rings. The van der Waals surface area contributed by atoms with Gasteiger partial charge < -0.3 is 15.2 Å². The third-order valence-corrected chi connectivity index (χ3v) is 3.01. The summed E-state index contributed by atoms with van der Waals surface area (Å²) >= 11 is 0. The molecule has 5 nitrogen and oxygen atoms in total. The van der Waals surface area contributed by atoms with Gasteiger partial charge in [-0.2, -0.15) is 0 Å². The van der Waals surface area contributed by atoms with E-state index in [1.54, 1.807) is 0 Å². The van der Waals surface area contributed by atoms with Crippen LogP contribution in [0.25, 0.3) is 0 Å². The lowest BCUT2D eigenvalue weighted by atomic mass is 10.0. The van der Waals surface area contributed by atoms with Crippen LogP contribution in [0.5, 0.6) is 0 Å². The summed E-state index contributed by atoms with van der Waals surface area (Å²) in [7, 11) is 0.